The number of aromatic carboxylic acids is 2. The van der Waals surface area contributed by atoms with Gasteiger partial charge in [0.15, 0.2) is 0 Å². The summed E-state index contributed by atoms with van der Waals surface area (Å²) in [6.45, 7) is 18.7. The quantitative estimate of drug-likeness (QED) is 0.257. The number of carboxylic acids is 2. The predicted molar refractivity (Wildman–Crippen MR) is 160 cm³/mol. The number of hydrogen-bond donors (Lipinski definition) is 4. The molecule has 0 saturated carbocycles. The summed E-state index contributed by atoms with van der Waals surface area (Å²) in [7, 11) is 0. The minimum atomic E-state index is -0.875. The third kappa shape index (κ3) is 13.8. The maximum atomic E-state index is 10.6. The Morgan fingerprint density at radius 2 is 0.949 bits per heavy atom. The van der Waals surface area contributed by atoms with Gasteiger partial charge in [0.2, 0.25) is 0 Å². The zero-order chi connectivity index (χ0) is 30.4. The molecule has 0 amide bonds. The molecule has 0 heterocycles. The third-order valence-electron chi connectivity index (χ3n) is 6.61. The number of aliphatic hydroxyl groups excluding tert-OH is 2. The largest absolute Gasteiger partial charge is 0.478 e. The second-order valence-corrected chi connectivity index (χ2v) is 12.0. The van der Waals surface area contributed by atoms with Gasteiger partial charge in [0, 0.05) is 5.92 Å². The SMILES string of the molecule is CC(C)(C)c1ccc(C(=O)O)cc1.CC(C)(C)c1ccc(C(=O)O)cc1.CCCC(O)C(CCC)C(O)CC. The lowest BCUT2D eigenvalue weighted by molar-refractivity contribution is 0.00175. The average Bonchev–Trinajstić information content (AvgIpc) is 2.86. The lowest BCUT2D eigenvalue weighted by Crippen LogP contribution is -2.31. The molecule has 4 N–H and O–H groups in total. The lowest BCUT2D eigenvalue weighted by Gasteiger charge is -2.26. The molecule has 2 aromatic rings. The molecule has 220 valence electrons. The van der Waals surface area contributed by atoms with Crippen LogP contribution in [0, 0.1) is 5.92 Å². The molecule has 39 heavy (non-hydrogen) atoms. The van der Waals surface area contributed by atoms with Crippen LogP contribution in [0.3, 0.4) is 0 Å². The molecule has 6 nitrogen and oxygen atoms in total. The molecule has 0 aliphatic rings. The van der Waals surface area contributed by atoms with Crippen LogP contribution in [0.4, 0.5) is 0 Å². The van der Waals surface area contributed by atoms with Crippen LogP contribution in [-0.2, 0) is 10.8 Å². The fourth-order valence-corrected chi connectivity index (χ4v) is 4.01. The Morgan fingerprint density at radius 3 is 1.18 bits per heavy atom. The molecule has 0 bridgehead atoms. The van der Waals surface area contributed by atoms with E-state index in [1.807, 2.05) is 31.2 Å². The van der Waals surface area contributed by atoms with E-state index < -0.39 is 11.9 Å². The first kappa shape index (κ1) is 36.3. The van der Waals surface area contributed by atoms with E-state index in [0.29, 0.717) is 11.1 Å². The highest BCUT2D eigenvalue weighted by Gasteiger charge is 2.24. The van der Waals surface area contributed by atoms with E-state index in [1.165, 1.54) is 0 Å². The number of rotatable bonds is 9. The molecular weight excluding hydrogens is 492 g/mol. The second kappa shape index (κ2) is 17.1. The van der Waals surface area contributed by atoms with Gasteiger partial charge in [0.05, 0.1) is 23.3 Å². The molecular formula is C33H52O6. The minimum absolute atomic E-state index is 0.0787. The van der Waals surface area contributed by atoms with Gasteiger partial charge in [0.25, 0.3) is 0 Å². The van der Waals surface area contributed by atoms with Gasteiger partial charge in [-0.25, -0.2) is 9.59 Å². The topological polar surface area (TPSA) is 115 Å². The number of benzene rings is 2. The van der Waals surface area contributed by atoms with Gasteiger partial charge in [0.1, 0.15) is 0 Å². The monoisotopic (exact) mass is 544 g/mol. The smallest absolute Gasteiger partial charge is 0.335 e. The highest BCUT2D eigenvalue weighted by molar-refractivity contribution is 5.88. The number of carbonyl (C=O) groups is 2. The zero-order valence-corrected chi connectivity index (χ0v) is 25.5. The first-order valence-corrected chi connectivity index (χ1v) is 14.0. The van der Waals surface area contributed by atoms with Crippen molar-refractivity contribution in [2.75, 3.05) is 0 Å². The molecule has 2 aromatic carbocycles. The van der Waals surface area contributed by atoms with Crippen molar-refractivity contribution in [3.8, 4) is 0 Å². The predicted octanol–water partition coefficient (Wildman–Crippen LogP) is 7.70. The van der Waals surface area contributed by atoms with Gasteiger partial charge < -0.3 is 20.4 Å². The van der Waals surface area contributed by atoms with Crippen molar-refractivity contribution in [2.24, 2.45) is 5.92 Å². The van der Waals surface area contributed by atoms with Crippen LogP contribution in [0.5, 0.6) is 0 Å². The first-order valence-electron chi connectivity index (χ1n) is 14.0. The Hall–Kier alpha value is -2.70. The van der Waals surface area contributed by atoms with Crippen molar-refractivity contribution in [3.05, 3.63) is 70.8 Å². The summed E-state index contributed by atoms with van der Waals surface area (Å²) in [5.74, 6) is -1.67. The maximum absolute atomic E-state index is 10.6. The average molecular weight is 545 g/mol. The molecule has 0 aromatic heterocycles. The normalized spacial score (nSPS) is 13.6. The summed E-state index contributed by atoms with van der Waals surface area (Å²) >= 11 is 0. The number of carboxylic acid groups (broad SMARTS) is 2. The van der Waals surface area contributed by atoms with E-state index in [9.17, 15) is 19.8 Å². The van der Waals surface area contributed by atoms with Gasteiger partial charge in [-0.05, 0) is 65.5 Å². The third-order valence-corrected chi connectivity index (χ3v) is 6.61. The van der Waals surface area contributed by atoms with Crippen molar-refractivity contribution >= 4 is 11.9 Å². The molecule has 6 heteroatoms. The van der Waals surface area contributed by atoms with E-state index in [4.69, 9.17) is 10.2 Å². The Balaban J connectivity index is 0.000000555. The Labute approximate surface area is 236 Å². The van der Waals surface area contributed by atoms with Gasteiger partial charge in [-0.1, -0.05) is 99.4 Å². The van der Waals surface area contributed by atoms with Crippen LogP contribution in [0.15, 0.2) is 48.5 Å². The summed E-state index contributed by atoms with van der Waals surface area (Å²) < 4.78 is 0. The summed E-state index contributed by atoms with van der Waals surface area (Å²) in [4.78, 5) is 21.1. The summed E-state index contributed by atoms with van der Waals surface area (Å²) in [6.07, 6.45) is 3.84. The second-order valence-electron chi connectivity index (χ2n) is 12.0. The van der Waals surface area contributed by atoms with Crippen molar-refractivity contribution in [3.63, 3.8) is 0 Å². The molecule has 0 fully saturated rings. The summed E-state index contributed by atoms with van der Waals surface area (Å²) in [6, 6.07) is 14.0. The molecule has 0 spiro atoms. The summed E-state index contributed by atoms with van der Waals surface area (Å²) in [5, 5.41) is 36.8. The molecule has 3 unspecified atom stereocenters. The van der Waals surface area contributed by atoms with Crippen LogP contribution in [-0.4, -0.2) is 44.6 Å². The van der Waals surface area contributed by atoms with Gasteiger partial charge in [-0.3, -0.25) is 0 Å². The van der Waals surface area contributed by atoms with Crippen LogP contribution in [0.1, 0.15) is 126 Å². The van der Waals surface area contributed by atoms with Crippen LogP contribution >= 0.6 is 0 Å². The van der Waals surface area contributed by atoms with Crippen molar-refractivity contribution in [1.82, 2.24) is 0 Å². The highest BCUT2D eigenvalue weighted by atomic mass is 16.4. The number of hydrogen-bond acceptors (Lipinski definition) is 4. The first-order chi connectivity index (χ1) is 18.0. The van der Waals surface area contributed by atoms with E-state index in [0.717, 1.165) is 43.2 Å². The standard InChI is InChI=1S/2C11H14O2.C11H24O2/c2*1-11(2,3)9-6-4-8(5-7-9)10(12)13;1-4-7-9(10(12)6-3)11(13)8-5-2/h2*4-7H,1-3H3,(H,12,13);9-13H,4-8H2,1-3H3. The lowest BCUT2D eigenvalue weighted by atomic mass is 9.87. The van der Waals surface area contributed by atoms with E-state index in [2.05, 4.69) is 55.4 Å². The van der Waals surface area contributed by atoms with E-state index in [-0.39, 0.29) is 29.0 Å². The van der Waals surface area contributed by atoms with Crippen LogP contribution in [0.25, 0.3) is 0 Å². The fourth-order valence-electron chi connectivity index (χ4n) is 4.01. The Kier molecular flexibility index (Phi) is 15.9. The fraction of sp³-hybridized carbons (Fsp3) is 0.576. The Morgan fingerprint density at radius 1 is 0.615 bits per heavy atom. The van der Waals surface area contributed by atoms with Gasteiger partial charge in [-0.15, -0.1) is 0 Å². The van der Waals surface area contributed by atoms with Crippen LogP contribution in [0.2, 0.25) is 0 Å². The van der Waals surface area contributed by atoms with E-state index >= 15 is 0 Å². The highest BCUT2D eigenvalue weighted by Crippen LogP contribution is 2.23. The van der Waals surface area contributed by atoms with Crippen molar-refractivity contribution in [1.29, 1.82) is 0 Å². The van der Waals surface area contributed by atoms with Gasteiger partial charge in [-0.2, -0.15) is 0 Å². The number of aliphatic hydroxyl groups is 2. The van der Waals surface area contributed by atoms with E-state index in [1.54, 1.807) is 24.3 Å². The maximum Gasteiger partial charge on any atom is 0.335 e. The molecule has 3 atom stereocenters. The molecule has 0 aliphatic heterocycles. The molecule has 2 rings (SSSR count). The van der Waals surface area contributed by atoms with Crippen LogP contribution < -0.4 is 0 Å². The summed E-state index contributed by atoms with van der Waals surface area (Å²) in [5.41, 5.74) is 3.14. The minimum Gasteiger partial charge on any atom is -0.478 e. The Bertz CT molecular complexity index is 898. The molecule has 0 saturated heterocycles. The van der Waals surface area contributed by atoms with Crippen molar-refractivity contribution < 1.29 is 30.0 Å². The van der Waals surface area contributed by atoms with Gasteiger partial charge >= 0.3 is 11.9 Å². The zero-order valence-electron chi connectivity index (χ0n) is 25.5. The van der Waals surface area contributed by atoms with Crippen molar-refractivity contribution in [2.45, 2.75) is 117 Å². The molecule has 0 radical (unpaired) electrons. The molecule has 0 aliphatic carbocycles.